The molecule has 0 spiro atoms. The molecule has 12 heteroatoms. The van der Waals surface area contributed by atoms with Gasteiger partial charge in [0.1, 0.15) is 5.69 Å². The van der Waals surface area contributed by atoms with Gasteiger partial charge in [0, 0.05) is 30.9 Å². The Morgan fingerprint density at radius 3 is 2.89 bits per heavy atom. The van der Waals surface area contributed by atoms with Gasteiger partial charge in [-0.25, -0.2) is 4.98 Å². The Morgan fingerprint density at radius 1 is 1.39 bits per heavy atom. The van der Waals surface area contributed by atoms with Crippen LogP contribution in [-0.4, -0.2) is 75.1 Å². The summed E-state index contributed by atoms with van der Waals surface area (Å²) in [6.07, 6.45) is 6.72. The molecular formula is C16H21N8O3S-. The molecule has 4 heterocycles. The molecule has 2 N–H and O–H groups in total. The SMILES string of the molecule is CCOc1c(-c2cn[nH]c2)ncc2nc(NC3CCN(CS(=O)[O-])CC3)nn12. The van der Waals surface area contributed by atoms with Crippen LogP contribution < -0.4 is 10.1 Å². The van der Waals surface area contributed by atoms with Gasteiger partial charge in [0.05, 0.1) is 24.9 Å². The first-order valence-electron chi connectivity index (χ1n) is 9.06. The van der Waals surface area contributed by atoms with Crippen molar-refractivity contribution in [3.63, 3.8) is 0 Å². The van der Waals surface area contributed by atoms with Crippen molar-refractivity contribution in [3.8, 4) is 17.1 Å². The Labute approximate surface area is 163 Å². The summed E-state index contributed by atoms with van der Waals surface area (Å²) in [7, 11) is 0. The minimum atomic E-state index is -2.04. The number of anilines is 1. The molecular weight excluding hydrogens is 384 g/mol. The Morgan fingerprint density at radius 2 is 2.21 bits per heavy atom. The summed E-state index contributed by atoms with van der Waals surface area (Å²) in [5, 5.41) is 14.6. The molecule has 11 nitrogen and oxygen atoms in total. The molecule has 1 aliphatic rings. The Kier molecular flexibility index (Phi) is 5.50. The Balaban J connectivity index is 1.53. The first kappa shape index (κ1) is 18.8. The highest BCUT2D eigenvalue weighted by Crippen LogP contribution is 2.28. The topological polar surface area (TPSA) is 136 Å². The Bertz CT molecular complexity index is 952. The first-order valence-corrected chi connectivity index (χ1v) is 10.3. The Hall–Kier alpha value is -2.57. The van der Waals surface area contributed by atoms with E-state index in [-0.39, 0.29) is 11.9 Å². The molecule has 0 amide bonds. The summed E-state index contributed by atoms with van der Waals surface area (Å²) in [5.41, 5.74) is 2.02. The number of rotatable bonds is 7. The molecule has 1 fully saturated rings. The molecule has 3 aromatic rings. The number of ether oxygens (including phenoxy) is 1. The van der Waals surface area contributed by atoms with Crippen molar-refractivity contribution in [3.05, 3.63) is 18.6 Å². The van der Waals surface area contributed by atoms with E-state index in [9.17, 15) is 8.76 Å². The number of piperidine rings is 1. The van der Waals surface area contributed by atoms with Crippen molar-refractivity contribution < 1.29 is 13.5 Å². The number of aromatic nitrogens is 6. The number of aromatic amines is 1. The van der Waals surface area contributed by atoms with E-state index < -0.39 is 11.1 Å². The molecule has 0 aliphatic carbocycles. The molecule has 28 heavy (non-hydrogen) atoms. The fourth-order valence-corrected chi connectivity index (χ4v) is 3.84. The lowest BCUT2D eigenvalue weighted by atomic mass is 10.1. The normalized spacial score (nSPS) is 17.1. The molecule has 1 atom stereocenters. The summed E-state index contributed by atoms with van der Waals surface area (Å²) >= 11 is -2.04. The van der Waals surface area contributed by atoms with E-state index in [0.717, 1.165) is 31.5 Å². The minimum absolute atomic E-state index is 0.0828. The smallest absolute Gasteiger partial charge is 0.244 e. The van der Waals surface area contributed by atoms with E-state index >= 15 is 0 Å². The lowest BCUT2D eigenvalue weighted by Gasteiger charge is -2.32. The predicted molar refractivity (Wildman–Crippen MR) is 102 cm³/mol. The van der Waals surface area contributed by atoms with Crippen molar-refractivity contribution in [2.24, 2.45) is 0 Å². The van der Waals surface area contributed by atoms with Crippen molar-refractivity contribution >= 4 is 22.7 Å². The van der Waals surface area contributed by atoms with Gasteiger partial charge in [0.15, 0.2) is 5.65 Å². The van der Waals surface area contributed by atoms with E-state index in [2.05, 4.69) is 30.6 Å². The van der Waals surface area contributed by atoms with Crippen LogP contribution in [0.15, 0.2) is 18.6 Å². The third-order valence-corrected chi connectivity index (χ3v) is 5.17. The molecule has 1 saturated heterocycles. The number of nitrogens with zero attached hydrogens (tertiary/aromatic N) is 6. The van der Waals surface area contributed by atoms with E-state index in [4.69, 9.17) is 4.74 Å². The van der Waals surface area contributed by atoms with E-state index in [1.807, 2.05) is 11.8 Å². The van der Waals surface area contributed by atoms with E-state index in [1.165, 1.54) is 0 Å². The van der Waals surface area contributed by atoms with Crippen molar-refractivity contribution in [1.29, 1.82) is 0 Å². The van der Waals surface area contributed by atoms with Gasteiger partial charge in [0.2, 0.25) is 11.8 Å². The fraction of sp³-hybridized carbons (Fsp3) is 0.500. The maximum atomic E-state index is 10.8. The highest BCUT2D eigenvalue weighted by atomic mass is 32.2. The van der Waals surface area contributed by atoms with Crippen molar-refractivity contribution in [2.45, 2.75) is 25.8 Å². The molecule has 0 saturated carbocycles. The van der Waals surface area contributed by atoms with Gasteiger partial charge < -0.3 is 14.6 Å². The van der Waals surface area contributed by atoms with Crippen LogP contribution in [0.2, 0.25) is 0 Å². The van der Waals surface area contributed by atoms with Crippen LogP contribution in [0, 0.1) is 0 Å². The molecule has 0 radical (unpaired) electrons. The zero-order valence-electron chi connectivity index (χ0n) is 15.4. The van der Waals surface area contributed by atoms with Gasteiger partial charge in [-0.2, -0.15) is 14.6 Å². The van der Waals surface area contributed by atoms with E-state index in [1.54, 1.807) is 23.1 Å². The predicted octanol–water partition coefficient (Wildman–Crippen LogP) is 0.626. The second-order valence-electron chi connectivity index (χ2n) is 6.51. The number of hydrogen-bond acceptors (Lipinski definition) is 9. The number of nitrogens with one attached hydrogen (secondary N) is 2. The molecule has 1 unspecified atom stereocenters. The number of fused-ring (bicyclic) bond motifs is 1. The second-order valence-corrected chi connectivity index (χ2v) is 7.37. The monoisotopic (exact) mass is 405 g/mol. The van der Waals surface area contributed by atoms with Crippen LogP contribution in [0.4, 0.5) is 5.95 Å². The molecule has 0 bridgehead atoms. The summed E-state index contributed by atoms with van der Waals surface area (Å²) < 4.78 is 29.1. The second kappa shape index (κ2) is 8.20. The van der Waals surface area contributed by atoms with Gasteiger partial charge in [-0.1, -0.05) is 0 Å². The number of hydrogen-bond donors (Lipinski definition) is 2. The minimum Gasteiger partial charge on any atom is -0.771 e. The van der Waals surface area contributed by atoms with Crippen LogP contribution >= 0.6 is 0 Å². The van der Waals surface area contributed by atoms with Gasteiger partial charge >= 0.3 is 0 Å². The highest BCUT2D eigenvalue weighted by Gasteiger charge is 2.22. The van der Waals surface area contributed by atoms with Crippen LogP contribution in [0.1, 0.15) is 19.8 Å². The maximum absolute atomic E-state index is 10.8. The zero-order chi connectivity index (χ0) is 19.5. The van der Waals surface area contributed by atoms with Crippen molar-refractivity contribution in [2.75, 3.05) is 30.9 Å². The third-order valence-electron chi connectivity index (χ3n) is 4.60. The van der Waals surface area contributed by atoms with Crippen LogP contribution in [0.25, 0.3) is 16.9 Å². The van der Waals surface area contributed by atoms with Gasteiger partial charge in [-0.3, -0.25) is 14.2 Å². The molecule has 4 rings (SSSR count). The summed E-state index contributed by atoms with van der Waals surface area (Å²) in [6.45, 7) is 3.80. The van der Waals surface area contributed by atoms with Crippen LogP contribution in [0.3, 0.4) is 0 Å². The standard InChI is InChI=1S/C16H22N8O3S/c1-2-27-15-14(11-7-18-19-8-11)17-9-13-21-16(22-24(13)15)20-12-3-5-23(6-4-12)10-28(25)26/h7-9,12H,2-6,10H2,1H3,(H,18,19)(H,20,22)(H,25,26)/p-1. The number of H-pyrrole nitrogens is 1. The zero-order valence-corrected chi connectivity index (χ0v) is 16.2. The maximum Gasteiger partial charge on any atom is 0.244 e. The lowest BCUT2D eigenvalue weighted by molar-refractivity contribution is 0.247. The average molecular weight is 405 g/mol. The molecule has 150 valence electrons. The molecule has 3 aromatic heterocycles. The largest absolute Gasteiger partial charge is 0.771 e. The fourth-order valence-electron chi connectivity index (χ4n) is 3.28. The summed E-state index contributed by atoms with van der Waals surface area (Å²) in [5.74, 6) is 1.09. The van der Waals surface area contributed by atoms with Gasteiger partial charge in [-0.05, 0) is 30.8 Å². The quantitative estimate of drug-likeness (QED) is 0.542. The van der Waals surface area contributed by atoms with Gasteiger partial charge in [-0.15, -0.1) is 5.10 Å². The summed E-state index contributed by atoms with van der Waals surface area (Å²) in [4.78, 5) is 10.9. The molecule has 0 aromatic carbocycles. The average Bonchev–Trinajstić information content (AvgIpc) is 3.33. The molecule has 1 aliphatic heterocycles. The lowest BCUT2D eigenvalue weighted by Crippen LogP contribution is -2.40. The van der Waals surface area contributed by atoms with E-state index in [0.29, 0.717) is 29.8 Å². The van der Waals surface area contributed by atoms with Crippen molar-refractivity contribution in [1.82, 2.24) is 34.7 Å². The number of likely N-dealkylation sites (tertiary alicyclic amines) is 1. The highest BCUT2D eigenvalue weighted by molar-refractivity contribution is 7.79. The van der Waals surface area contributed by atoms with Gasteiger partial charge in [0.25, 0.3) is 0 Å². The first-order chi connectivity index (χ1) is 13.6. The van der Waals surface area contributed by atoms with Crippen LogP contribution in [0.5, 0.6) is 5.88 Å². The van der Waals surface area contributed by atoms with Crippen LogP contribution in [-0.2, 0) is 11.1 Å². The summed E-state index contributed by atoms with van der Waals surface area (Å²) in [6, 6.07) is 0.186. The third kappa shape index (κ3) is 3.98.